The van der Waals surface area contributed by atoms with Crippen LogP contribution in [0, 0.1) is 17.8 Å². The van der Waals surface area contributed by atoms with Crippen LogP contribution < -0.4 is 5.32 Å². The first-order chi connectivity index (χ1) is 8.66. The molecular formula is C16H27NO. The van der Waals surface area contributed by atoms with Crippen molar-refractivity contribution in [2.45, 2.75) is 46.0 Å². The van der Waals surface area contributed by atoms with Crippen molar-refractivity contribution in [3.05, 3.63) is 24.2 Å². The van der Waals surface area contributed by atoms with E-state index in [-0.39, 0.29) is 0 Å². The van der Waals surface area contributed by atoms with E-state index in [1.807, 2.05) is 12.3 Å². The van der Waals surface area contributed by atoms with Gasteiger partial charge in [-0.3, -0.25) is 0 Å². The van der Waals surface area contributed by atoms with Gasteiger partial charge < -0.3 is 9.73 Å². The Kier molecular flexibility index (Phi) is 4.87. The molecule has 2 rings (SSSR count). The van der Waals surface area contributed by atoms with Gasteiger partial charge in [-0.15, -0.1) is 0 Å². The van der Waals surface area contributed by atoms with Crippen molar-refractivity contribution in [2.75, 3.05) is 13.1 Å². The summed E-state index contributed by atoms with van der Waals surface area (Å²) in [6.07, 6.45) is 5.79. The van der Waals surface area contributed by atoms with Crippen molar-refractivity contribution in [1.29, 1.82) is 0 Å². The summed E-state index contributed by atoms with van der Waals surface area (Å²) in [7, 11) is 0. The highest BCUT2D eigenvalue weighted by Crippen LogP contribution is 2.40. The first kappa shape index (κ1) is 13.7. The second-order valence-electron chi connectivity index (χ2n) is 6.35. The molecule has 18 heavy (non-hydrogen) atoms. The second kappa shape index (κ2) is 6.42. The van der Waals surface area contributed by atoms with Gasteiger partial charge in [0, 0.05) is 5.92 Å². The predicted octanol–water partition coefficient (Wildman–Crippen LogP) is 4.05. The summed E-state index contributed by atoms with van der Waals surface area (Å²) in [5, 5.41) is 3.62. The molecule has 1 N–H and O–H groups in total. The standard InChI is InChI=1S/C16H27NO/c1-12(2)10-17-11-14-7-6-13(3)9-15(14)16-5-4-8-18-16/h4-5,8,12-15,17H,6-7,9-11H2,1-3H3. The number of hydrogen-bond donors (Lipinski definition) is 1. The van der Waals surface area contributed by atoms with Crippen LogP contribution in [-0.2, 0) is 0 Å². The molecule has 1 heterocycles. The molecule has 3 unspecified atom stereocenters. The number of hydrogen-bond acceptors (Lipinski definition) is 2. The second-order valence-corrected chi connectivity index (χ2v) is 6.35. The fraction of sp³-hybridized carbons (Fsp3) is 0.750. The smallest absolute Gasteiger partial charge is 0.107 e. The molecule has 1 saturated carbocycles. The maximum atomic E-state index is 5.65. The summed E-state index contributed by atoms with van der Waals surface area (Å²) >= 11 is 0. The van der Waals surface area contributed by atoms with Gasteiger partial charge in [-0.1, -0.05) is 27.2 Å². The first-order valence-electron chi connectivity index (χ1n) is 7.41. The molecule has 102 valence electrons. The van der Waals surface area contributed by atoms with E-state index in [0.717, 1.165) is 30.8 Å². The lowest BCUT2D eigenvalue weighted by molar-refractivity contribution is 0.217. The first-order valence-corrected chi connectivity index (χ1v) is 7.41. The van der Waals surface area contributed by atoms with Gasteiger partial charge in [0.1, 0.15) is 5.76 Å². The van der Waals surface area contributed by atoms with Crippen molar-refractivity contribution in [3.63, 3.8) is 0 Å². The lowest BCUT2D eigenvalue weighted by atomic mass is 9.73. The van der Waals surface area contributed by atoms with Crippen LogP contribution in [0.25, 0.3) is 0 Å². The van der Waals surface area contributed by atoms with Gasteiger partial charge in [-0.25, -0.2) is 0 Å². The van der Waals surface area contributed by atoms with Crippen molar-refractivity contribution < 1.29 is 4.42 Å². The topological polar surface area (TPSA) is 25.2 Å². The quantitative estimate of drug-likeness (QED) is 0.851. The molecule has 1 aromatic heterocycles. The highest BCUT2D eigenvalue weighted by Gasteiger charge is 2.31. The van der Waals surface area contributed by atoms with Crippen LogP contribution in [0.4, 0.5) is 0 Å². The molecule has 2 heteroatoms. The molecule has 1 aliphatic carbocycles. The van der Waals surface area contributed by atoms with Crippen LogP contribution in [0.2, 0.25) is 0 Å². The zero-order valence-corrected chi connectivity index (χ0v) is 12.0. The average molecular weight is 249 g/mol. The third-order valence-electron chi connectivity index (χ3n) is 4.12. The Labute approximate surface area is 111 Å². The Balaban J connectivity index is 1.93. The largest absolute Gasteiger partial charge is 0.469 e. The Bertz CT molecular complexity index is 331. The minimum atomic E-state index is 0.614. The number of rotatable bonds is 5. The third kappa shape index (κ3) is 3.61. The van der Waals surface area contributed by atoms with Gasteiger partial charge in [0.15, 0.2) is 0 Å². The molecule has 1 aromatic rings. The van der Waals surface area contributed by atoms with Gasteiger partial charge in [-0.05, 0) is 55.8 Å². The van der Waals surface area contributed by atoms with Crippen molar-refractivity contribution >= 4 is 0 Å². The SMILES string of the molecule is CC(C)CNCC1CCC(C)CC1c1ccco1. The van der Waals surface area contributed by atoms with E-state index in [0.29, 0.717) is 5.92 Å². The van der Waals surface area contributed by atoms with E-state index in [4.69, 9.17) is 4.42 Å². The third-order valence-corrected chi connectivity index (χ3v) is 4.12. The van der Waals surface area contributed by atoms with Gasteiger partial charge in [-0.2, -0.15) is 0 Å². The maximum Gasteiger partial charge on any atom is 0.107 e. The molecular weight excluding hydrogens is 222 g/mol. The van der Waals surface area contributed by atoms with Gasteiger partial charge in [0.25, 0.3) is 0 Å². The zero-order valence-electron chi connectivity index (χ0n) is 12.0. The minimum absolute atomic E-state index is 0.614. The molecule has 0 aliphatic heterocycles. The van der Waals surface area contributed by atoms with Crippen molar-refractivity contribution in [3.8, 4) is 0 Å². The Morgan fingerprint density at radius 2 is 2.22 bits per heavy atom. The molecule has 0 radical (unpaired) electrons. The minimum Gasteiger partial charge on any atom is -0.469 e. The lowest BCUT2D eigenvalue weighted by Crippen LogP contribution is -2.33. The summed E-state index contributed by atoms with van der Waals surface area (Å²) in [6, 6.07) is 4.17. The fourth-order valence-corrected chi connectivity index (χ4v) is 3.10. The van der Waals surface area contributed by atoms with Gasteiger partial charge >= 0.3 is 0 Å². The van der Waals surface area contributed by atoms with Crippen LogP contribution in [0.3, 0.4) is 0 Å². The van der Waals surface area contributed by atoms with E-state index in [1.165, 1.54) is 25.0 Å². The van der Waals surface area contributed by atoms with E-state index in [1.54, 1.807) is 0 Å². The van der Waals surface area contributed by atoms with Gasteiger partial charge in [0.2, 0.25) is 0 Å². The van der Waals surface area contributed by atoms with Crippen molar-refractivity contribution in [1.82, 2.24) is 5.32 Å². The number of nitrogens with one attached hydrogen (secondary N) is 1. The van der Waals surface area contributed by atoms with Crippen molar-refractivity contribution in [2.24, 2.45) is 17.8 Å². The fourth-order valence-electron chi connectivity index (χ4n) is 3.10. The van der Waals surface area contributed by atoms with E-state index in [9.17, 15) is 0 Å². The highest BCUT2D eigenvalue weighted by molar-refractivity contribution is 5.08. The van der Waals surface area contributed by atoms with Gasteiger partial charge in [0.05, 0.1) is 6.26 Å². The molecule has 0 spiro atoms. The molecule has 0 bridgehead atoms. The summed E-state index contributed by atoms with van der Waals surface area (Å²) in [5.74, 6) is 4.11. The maximum absolute atomic E-state index is 5.65. The monoisotopic (exact) mass is 249 g/mol. The lowest BCUT2D eigenvalue weighted by Gasteiger charge is -2.34. The van der Waals surface area contributed by atoms with E-state index >= 15 is 0 Å². The molecule has 0 amide bonds. The van der Waals surface area contributed by atoms with E-state index < -0.39 is 0 Å². The summed E-state index contributed by atoms with van der Waals surface area (Å²) in [6.45, 7) is 9.15. The zero-order chi connectivity index (χ0) is 13.0. The molecule has 1 fully saturated rings. The Hall–Kier alpha value is -0.760. The summed E-state index contributed by atoms with van der Waals surface area (Å²) in [4.78, 5) is 0. The Morgan fingerprint density at radius 1 is 1.39 bits per heavy atom. The molecule has 1 aliphatic rings. The normalized spacial score (nSPS) is 28.8. The predicted molar refractivity (Wildman–Crippen MR) is 75.7 cm³/mol. The Morgan fingerprint density at radius 3 is 2.89 bits per heavy atom. The number of furan rings is 1. The molecule has 3 atom stereocenters. The summed E-state index contributed by atoms with van der Waals surface area (Å²) in [5.41, 5.74) is 0. The molecule has 0 saturated heterocycles. The van der Waals surface area contributed by atoms with Crippen LogP contribution >= 0.6 is 0 Å². The average Bonchev–Trinajstić information content (AvgIpc) is 2.84. The summed E-state index contributed by atoms with van der Waals surface area (Å²) < 4.78 is 5.65. The van der Waals surface area contributed by atoms with Crippen LogP contribution in [0.15, 0.2) is 22.8 Å². The molecule has 2 nitrogen and oxygen atoms in total. The van der Waals surface area contributed by atoms with Crippen LogP contribution in [-0.4, -0.2) is 13.1 Å². The van der Waals surface area contributed by atoms with Crippen LogP contribution in [0.5, 0.6) is 0 Å². The highest BCUT2D eigenvalue weighted by atomic mass is 16.3. The van der Waals surface area contributed by atoms with E-state index in [2.05, 4.69) is 32.2 Å². The van der Waals surface area contributed by atoms with Crippen LogP contribution in [0.1, 0.15) is 51.7 Å². The molecule has 0 aromatic carbocycles.